The molecular formula is C22H23N3O4S. The minimum absolute atomic E-state index is 0.171. The minimum Gasteiger partial charge on any atom is -0.448 e. The fourth-order valence-corrected chi connectivity index (χ4v) is 4.78. The molecule has 1 atom stereocenters. The lowest BCUT2D eigenvalue weighted by molar-refractivity contribution is -0.123. The molecule has 2 aromatic heterocycles. The quantitative estimate of drug-likeness (QED) is 0.637. The van der Waals surface area contributed by atoms with E-state index in [1.807, 2.05) is 36.4 Å². The lowest BCUT2D eigenvalue weighted by atomic mass is 10.2. The van der Waals surface area contributed by atoms with Crippen LogP contribution < -0.4 is 10.9 Å². The lowest BCUT2D eigenvalue weighted by Crippen LogP contribution is -2.32. The van der Waals surface area contributed by atoms with Crippen molar-refractivity contribution in [2.45, 2.75) is 39.2 Å². The molecule has 0 saturated carbocycles. The number of para-hydroxylation sites is 1. The predicted octanol–water partition coefficient (Wildman–Crippen LogP) is 3.22. The van der Waals surface area contributed by atoms with Crippen LogP contribution in [0.1, 0.15) is 39.2 Å². The summed E-state index contributed by atoms with van der Waals surface area (Å²) in [7, 11) is 1.75. The number of rotatable bonds is 5. The highest BCUT2D eigenvalue weighted by atomic mass is 32.1. The van der Waals surface area contributed by atoms with Gasteiger partial charge >= 0.3 is 5.97 Å². The number of carbonyl (C=O) groups is 2. The molecular weight excluding hydrogens is 402 g/mol. The van der Waals surface area contributed by atoms with Crippen LogP contribution in [0.4, 0.5) is 5.69 Å². The molecule has 1 N–H and O–H groups in total. The Morgan fingerprint density at radius 2 is 1.93 bits per heavy atom. The summed E-state index contributed by atoms with van der Waals surface area (Å²) in [6, 6.07) is 11.0. The molecule has 0 unspecified atom stereocenters. The molecule has 0 fully saturated rings. The number of aromatic nitrogens is 2. The van der Waals surface area contributed by atoms with E-state index >= 15 is 0 Å². The highest BCUT2D eigenvalue weighted by Crippen LogP contribution is 2.31. The van der Waals surface area contributed by atoms with Gasteiger partial charge in [-0.3, -0.25) is 14.3 Å². The smallest absolute Gasteiger partial charge is 0.349 e. The fraction of sp³-hybridized carbons (Fsp3) is 0.318. The maximum atomic E-state index is 12.9. The lowest BCUT2D eigenvalue weighted by Gasteiger charge is -2.12. The molecule has 0 saturated heterocycles. The largest absolute Gasteiger partial charge is 0.448 e. The van der Waals surface area contributed by atoms with Gasteiger partial charge in [-0.15, -0.1) is 11.3 Å². The Morgan fingerprint density at radius 3 is 2.63 bits per heavy atom. The number of hydrogen-bond donors (Lipinski definition) is 1. The van der Waals surface area contributed by atoms with Crippen molar-refractivity contribution in [2.75, 3.05) is 5.32 Å². The van der Waals surface area contributed by atoms with Crippen LogP contribution in [0.3, 0.4) is 0 Å². The summed E-state index contributed by atoms with van der Waals surface area (Å²) in [5, 5.41) is 2.64. The van der Waals surface area contributed by atoms with Gasteiger partial charge in [0.25, 0.3) is 11.5 Å². The van der Waals surface area contributed by atoms with E-state index in [9.17, 15) is 14.4 Å². The summed E-state index contributed by atoms with van der Waals surface area (Å²) in [5.41, 5.74) is 2.32. The number of nitrogens with one attached hydrogen (secondary N) is 1. The summed E-state index contributed by atoms with van der Waals surface area (Å²) in [5.74, 6) is -1.05. The Bertz CT molecular complexity index is 1150. The first kappa shape index (κ1) is 20.2. The number of ether oxygens (including phenoxy) is 1. The van der Waals surface area contributed by atoms with E-state index in [0.717, 1.165) is 19.3 Å². The van der Waals surface area contributed by atoms with Gasteiger partial charge in [-0.05, 0) is 56.9 Å². The Balaban J connectivity index is 1.49. The molecule has 0 aliphatic heterocycles. The van der Waals surface area contributed by atoms with Gasteiger partial charge in [-0.1, -0.05) is 18.2 Å². The molecule has 0 bridgehead atoms. The van der Waals surface area contributed by atoms with Crippen molar-refractivity contribution in [3.63, 3.8) is 0 Å². The summed E-state index contributed by atoms with van der Waals surface area (Å²) in [6.07, 6.45) is 2.06. The molecule has 1 aromatic carbocycles. The van der Waals surface area contributed by atoms with E-state index < -0.39 is 18.0 Å². The zero-order valence-electron chi connectivity index (χ0n) is 17.1. The summed E-state index contributed by atoms with van der Waals surface area (Å²) in [6.45, 7) is 3.25. The molecule has 1 aliphatic carbocycles. The summed E-state index contributed by atoms with van der Waals surface area (Å²) >= 11 is 1.43. The van der Waals surface area contributed by atoms with E-state index in [4.69, 9.17) is 4.74 Å². The van der Waals surface area contributed by atoms with Gasteiger partial charge in [-0.25, -0.2) is 9.48 Å². The second-order valence-electron chi connectivity index (χ2n) is 7.39. The van der Waals surface area contributed by atoms with Gasteiger partial charge in [0.2, 0.25) is 0 Å². The first-order valence-electron chi connectivity index (χ1n) is 9.84. The number of hydrogen-bond acceptors (Lipinski definition) is 5. The number of aryl methyl sites for hydroxylation is 2. The SMILES string of the molecule is Cc1c(NC(=O)[C@@H](C)OC(=O)c2cc3c(s2)CCC3)c(=O)n(-c2ccccc2)n1C. The highest BCUT2D eigenvalue weighted by Gasteiger charge is 2.25. The fourth-order valence-electron chi connectivity index (χ4n) is 3.64. The van der Waals surface area contributed by atoms with Crippen molar-refractivity contribution in [3.05, 3.63) is 67.8 Å². The van der Waals surface area contributed by atoms with Crippen molar-refractivity contribution in [2.24, 2.45) is 7.05 Å². The molecule has 2 heterocycles. The average molecular weight is 426 g/mol. The first-order valence-corrected chi connectivity index (χ1v) is 10.7. The standard InChI is InChI=1S/C22H23N3O4S/c1-13-19(21(27)25(24(13)3)16-9-5-4-6-10-16)23-20(26)14(2)29-22(28)18-12-15-8-7-11-17(15)30-18/h4-6,9-10,12,14H,7-8,11H2,1-3H3,(H,23,26)/t14-/m1/s1. The molecule has 1 aliphatic rings. The summed E-state index contributed by atoms with van der Waals surface area (Å²) < 4.78 is 8.51. The molecule has 0 spiro atoms. The number of benzene rings is 1. The molecule has 30 heavy (non-hydrogen) atoms. The zero-order valence-corrected chi connectivity index (χ0v) is 17.9. The second-order valence-corrected chi connectivity index (χ2v) is 8.52. The molecule has 3 aromatic rings. The first-order chi connectivity index (χ1) is 14.4. The van der Waals surface area contributed by atoms with E-state index in [0.29, 0.717) is 16.3 Å². The number of amides is 1. The highest BCUT2D eigenvalue weighted by molar-refractivity contribution is 7.14. The molecule has 4 rings (SSSR count). The van der Waals surface area contributed by atoms with Crippen molar-refractivity contribution < 1.29 is 14.3 Å². The van der Waals surface area contributed by atoms with Crippen LogP contribution in [0.25, 0.3) is 5.69 Å². The van der Waals surface area contributed by atoms with Gasteiger partial charge in [0.1, 0.15) is 10.6 Å². The minimum atomic E-state index is -1.03. The molecule has 0 radical (unpaired) electrons. The van der Waals surface area contributed by atoms with E-state index in [2.05, 4.69) is 5.32 Å². The Labute approximate surface area is 177 Å². The number of nitrogens with zero attached hydrogens (tertiary/aromatic N) is 2. The van der Waals surface area contributed by atoms with Crippen LogP contribution in [0, 0.1) is 6.92 Å². The summed E-state index contributed by atoms with van der Waals surface area (Å²) in [4.78, 5) is 39.7. The number of esters is 1. The van der Waals surface area contributed by atoms with Crippen LogP contribution >= 0.6 is 11.3 Å². The molecule has 8 heteroatoms. The van der Waals surface area contributed by atoms with Crippen LogP contribution in [0.15, 0.2) is 41.2 Å². The third-order valence-electron chi connectivity index (χ3n) is 5.40. The molecule has 1 amide bonds. The van der Waals surface area contributed by atoms with Gasteiger partial charge in [0.05, 0.1) is 11.4 Å². The predicted molar refractivity (Wildman–Crippen MR) is 116 cm³/mol. The molecule has 7 nitrogen and oxygen atoms in total. The van der Waals surface area contributed by atoms with Crippen LogP contribution in [-0.4, -0.2) is 27.3 Å². The number of thiophene rings is 1. The Morgan fingerprint density at radius 1 is 1.20 bits per heavy atom. The van der Waals surface area contributed by atoms with Gasteiger partial charge in [0.15, 0.2) is 6.10 Å². The molecule has 156 valence electrons. The maximum absolute atomic E-state index is 12.9. The Hall–Kier alpha value is -3.13. The van der Waals surface area contributed by atoms with E-state index in [-0.39, 0.29) is 11.2 Å². The number of anilines is 1. The maximum Gasteiger partial charge on any atom is 0.349 e. The van der Waals surface area contributed by atoms with Gasteiger partial charge in [-0.2, -0.15) is 0 Å². The van der Waals surface area contributed by atoms with Crippen LogP contribution in [-0.2, 0) is 29.4 Å². The van der Waals surface area contributed by atoms with Crippen molar-refractivity contribution in [1.82, 2.24) is 9.36 Å². The monoisotopic (exact) mass is 425 g/mol. The van der Waals surface area contributed by atoms with Crippen molar-refractivity contribution in [1.29, 1.82) is 0 Å². The van der Waals surface area contributed by atoms with Crippen molar-refractivity contribution in [3.8, 4) is 5.69 Å². The van der Waals surface area contributed by atoms with Crippen molar-refractivity contribution >= 4 is 28.9 Å². The zero-order chi connectivity index (χ0) is 21.4. The van der Waals surface area contributed by atoms with E-state index in [1.165, 1.54) is 33.4 Å². The van der Waals surface area contributed by atoms with E-state index in [1.54, 1.807) is 18.7 Å². The van der Waals surface area contributed by atoms with Crippen LogP contribution in [0.5, 0.6) is 0 Å². The van der Waals surface area contributed by atoms with Gasteiger partial charge in [0, 0.05) is 11.9 Å². The third-order valence-corrected chi connectivity index (χ3v) is 6.62. The third kappa shape index (κ3) is 3.59. The number of carbonyl (C=O) groups excluding carboxylic acids is 2. The average Bonchev–Trinajstić information content (AvgIpc) is 3.38. The number of fused-ring (bicyclic) bond motifs is 1. The Kier molecular flexibility index (Phi) is 5.34. The second kappa shape index (κ2) is 7.95. The van der Waals surface area contributed by atoms with Crippen LogP contribution in [0.2, 0.25) is 0 Å². The topological polar surface area (TPSA) is 82.3 Å². The normalized spacial score (nSPS) is 13.7. The van der Waals surface area contributed by atoms with Gasteiger partial charge < -0.3 is 10.1 Å².